The van der Waals surface area contributed by atoms with Crippen LogP contribution in [0, 0.1) is 11.3 Å². The Hall–Kier alpha value is -0.570. The molecule has 2 aliphatic carbocycles. The Morgan fingerprint density at radius 2 is 2.00 bits per heavy atom. The van der Waals surface area contributed by atoms with Gasteiger partial charge in [-0.1, -0.05) is 26.7 Å². The van der Waals surface area contributed by atoms with Crippen molar-refractivity contribution in [2.24, 2.45) is 17.1 Å². The quantitative estimate of drug-likeness (QED) is 0.775. The molecule has 3 unspecified atom stereocenters. The normalized spacial score (nSPS) is 36.8. The average Bonchev–Trinajstić information content (AvgIpc) is 2.62. The van der Waals surface area contributed by atoms with Gasteiger partial charge in [0.25, 0.3) is 0 Å². The monoisotopic (exact) mass is 238 g/mol. The van der Waals surface area contributed by atoms with Crippen LogP contribution >= 0.6 is 0 Å². The molecule has 0 saturated heterocycles. The van der Waals surface area contributed by atoms with Crippen molar-refractivity contribution in [3.05, 3.63) is 0 Å². The second-order valence-electron chi connectivity index (χ2n) is 6.67. The topological polar surface area (TPSA) is 55.1 Å². The highest BCUT2D eigenvalue weighted by Gasteiger charge is 2.34. The van der Waals surface area contributed by atoms with Gasteiger partial charge in [0.15, 0.2) is 0 Å². The summed E-state index contributed by atoms with van der Waals surface area (Å²) in [4.78, 5) is 12.1. The van der Waals surface area contributed by atoms with Crippen LogP contribution in [-0.2, 0) is 4.79 Å². The van der Waals surface area contributed by atoms with Crippen LogP contribution in [0.4, 0.5) is 0 Å². The first-order valence-electron chi connectivity index (χ1n) is 7.04. The molecule has 0 aromatic carbocycles. The van der Waals surface area contributed by atoms with Crippen LogP contribution in [0.25, 0.3) is 0 Å². The molecule has 98 valence electrons. The van der Waals surface area contributed by atoms with E-state index in [9.17, 15) is 4.79 Å². The van der Waals surface area contributed by atoms with Crippen molar-refractivity contribution in [3.8, 4) is 0 Å². The highest BCUT2D eigenvalue weighted by Crippen LogP contribution is 2.35. The molecular weight excluding hydrogens is 212 g/mol. The third-order valence-corrected chi connectivity index (χ3v) is 4.46. The van der Waals surface area contributed by atoms with Crippen molar-refractivity contribution in [1.29, 1.82) is 0 Å². The minimum Gasteiger partial charge on any atom is -0.353 e. The smallest absolute Gasteiger partial charge is 0.224 e. The lowest BCUT2D eigenvalue weighted by Crippen LogP contribution is -2.46. The lowest BCUT2D eigenvalue weighted by Gasteiger charge is -2.36. The number of hydrogen-bond donors (Lipinski definition) is 2. The Labute approximate surface area is 105 Å². The van der Waals surface area contributed by atoms with Gasteiger partial charge in [0.1, 0.15) is 0 Å². The van der Waals surface area contributed by atoms with E-state index in [1.165, 1.54) is 12.8 Å². The zero-order chi connectivity index (χ0) is 12.5. The summed E-state index contributed by atoms with van der Waals surface area (Å²) in [5.74, 6) is 0.276. The van der Waals surface area contributed by atoms with Crippen molar-refractivity contribution in [2.75, 3.05) is 0 Å². The largest absolute Gasteiger partial charge is 0.353 e. The Morgan fingerprint density at radius 3 is 2.59 bits per heavy atom. The van der Waals surface area contributed by atoms with Crippen molar-refractivity contribution in [3.63, 3.8) is 0 Å². The molecule has 3 nitrogen and oxygen atoms in total. The minimum atomic E-state index is 0.0695. The van der Waals surface area contributed by atoms with Crippen LogP contribution in [0.3, 0.4) is 0 Å². The van der Waals surface area contributed by atoms with Gasteiger partial charge in [0.2, 0.25) is 5.91 Å². The van der Waals surface area contributed by atoms with Crippen molar-refractivity contribution in [2.45, 2.75) is 70.9 Å². The maximum Gasteiger partial charge on any atom is 0.224 e. The molecule has 0 aromatic rings. The van der Waals surface area contributed by atoms with E-state index in [1.807, 2.05) is 0 Å². The second kappa shape index (κ2) is 4.97. The van der Waals surface area contributed by atoms with Gasteiger partial charge >= 0.3 is 0 Å². The van der Waals surface area contributed by atoms with E-state index in [0.29, 0.717) is 11.5 Å². The minimum absolute atomic E-state index is 0.0695. The van der Waals surface area contributed by atoms with Crippen LogP contribution in [0.5, 0.6) is 0 Å². The lowest BCUT2D eigenvalue weighted by molar-refractivity contribution is -0.126. The standard InChI is InChI=1S/C14H26N2O/c1-14(2)8-4-5-10(9-14)16-13(17)11-6-3-7-12(11)15/h10-12H,3-9,15H2,1-2H3,(H,16,17). The number of hydrogen-bond acceptors (Lipinski definition) is 2. The first kappa shape index (κ1) is 12.9. The third kappa shape index (κ3) is 3.21. The van der Waals surface area contributed by atoms with Crippen molar-refractivity contribution >= 4 is 5.91 Å². The van der Waals surface area contributed by atoms with Gasteiger partial charge in [0.05, 0.1) is 5.92 Å². The van der Waals surface area contributed by atoms with E-state index in [-0.39, 0.29) is 17.9 Å². The summed E-state index contributed by atoms with van der Waals surface area (Å²) in [5.41, 5.74) is 6.36. The van der Waals surface area contributed by atoms with E-state index in [0.717, 1.165) is 32.1 Å². The van der Waals surface area contributed by atoms with Crippen LogP contribution in [0.1, 0.15) is 58.8 Å². The maximum atomic E-state index is 12.1. The zero-order valence-corrected chi connectivity index (χ0v) is 11.2. The Balaban J connectivity index is 1.86. The number of rotatable bonds is 2. The molecule has 2 rings (SSSR count). The van der Waals surface area contributed by atoms with Crippen LogP contribution in [0.2, 0.25) is 0 Å². The van der Waals surface area contributed by atoms with Gasteiger partial charge in [-0.15, -0.1) is 0 Å². The number of nitrogens with one attached hydrogen (secondary N) is 1. The molecule has 0 radical (unpaired) electrons. The molecule has 1 amide bonds. The van der Waals surface area contributed by atoms with E-state index in [2.05, 4.69) is 19.2 Å². The molecule has 3 heteroatoms. The molecule has 0 heterocycles. The molecular formula is C14H26N2O. The molecule has 2 saturated carbocycles. The van der Waals surface area contributed by atoms with E-state index >= 15 is 0 Å². The number of nitrogens with two attached hydrogens (primary N) is 1. The van der Waals surface area contributed by atoms with Gasteiger partial charge in [-0.2, -0.15) is 0 Å². The Kier molecular flexibility index (Phi) is 3.76. The molecule has 0 aromatic heterocycles. The molecule has 2 aliphatic rings. The summed E-state index contributed by atoms with van der Waals surface area (Å²) >= 11 is 0. The predicted octanol–water partition coefficient (Wildman–Crippen LogP) is 2.20. The SMILES string of the molecule is CC1(C)CCCC(NC(=O)C2CCCC2N)C1. The molecule has 0 aliphatic heterocycles. The highest BCUT2D eigenvalue weighted by molar-refractivity contribution is 5.80. The molecule has 0 spiro atoms. The second-order valence-corrected chi connectivity index (χ2v) is 6.67. The summed E-state index contributed by atoms with van der Waals surface area (Å²) in [6.45, 7) is 4.60. The Bertz CT molecular complexity index is 288. The van der Waals surface area contributed by atoms with Gasteiger partial charge < -0.3 is 11.1 Å². The summed E-state index contributed by atoms with van der Waals surface area (Å²) in [5, 5.41) is 3.23. The fraction of sp³-hybridized carbons (Fsp3) is 0.929. The van der Waals surface area contributed by atoms with E-state index < -0.39 is 0 Å². The summed E-state index contributed by atoms with van der Waals surface area (Å²) < 4.78 is 0. The third-order valence-electron chi connectivity index (χ3n) is 4.46. The maximum absolute atomic E-state index is 12.1. The first-order chi connectivity index (χ1) is 7.98. The van der Waals surface area contributed by atoms with Gasteiger partial charge in [-0.05, 0) is 37.5 Å². The average molecular weight is 238 g/mol. The van der Waals surface area contributed by atoms with Crippen molar-refractivity contribution < 1.29 is 4.79 Å². The summed E-state index contributed by atoms with van der Waals surface area (Å²) in [7, 11) is 0. The summed E-state index contributed by atoms with van der Waals surface area (Å²) in [6, 6.07) is 0.464. The van der Waals surface area contributed by atoms with Crippen molar-refractivity contribution in [1.82, 2.24) is 5.32 Å². The number of amides is 1. The predicted molar refractivity (Wildman–Crippen MR) is 69.5 cm³/mol. The van der Waals surface area contributed by atoms with Gasteiger partial charge in [-0.3, -0.25) is 4.79 Å². The lowest BCUT2D eigenvalue weighted by atomic mass is 9.75. The fourth-order valence-corrected chi connectivity index (χ4v) is 3.44. The number of carbonyl (C=O) groups excluding carboxylic acids is 1. The van der Waals surface area contributed by atoms with Crippen LogP contribution < -0.4 is 11.1 Å². The molecule has 17 heavy (non-hydrogen) atoms. The van der Waals surface area contributed by atoms with Gasteiger partial charge in [-0.25, -0.2) is 0 Å². The fourth-order valence-electron chi connectivity index (χ4n) is 3.44. The zero-order valence-electron chi connectivity index (χ0n) is 11.2. The van der Waals surface area contributed by atoms with E-state index in [1.54, 1.807) is 0 Å². The molecule has 0 bridgehead atoms. The molecule has 3 N–H and O–H groups in total. The van der Waals surface area contributed by atoms with E-state index in [4.69, 9.17) is 5.73 Å². The summed E-state index contributed by atoms with van der Waals surface area (Å²) in [6.07, 6.45) is 7.85. The number of carbonyl (C=O) groups is 1. The van der Waals surface area contributed by atoms with Crippen LogP contribution in [0.15, 0.2) is 0 Å². The molecule has 2 fully saturated rings. The Morgan fingerprint density at radius 1 is 1.24 bits per heavy atom. The first-order valence-corrected chi connectivity index (χ1v) is 7.04. The highest BCUT2D eigenvalue weighted by atomic mass is 16.2. The molecule has 3 atom stereocenters. The van der Waals surface area contributed by atoms with Gasteiger partial charge in [0, 0.05) is 12.1 Å². The van der Waals surface area contributed by atoms with Crippen LogP contribution in [-0.4, -0.2) is 18.0 Å².